The molecule has 2 aliphatic rings. The summed E-state index contributed by atoms with van der Waals surface area (Å²) in [7, 11) is -1.79. The molecule has 1 aliphatic carbocycles. The van der Waals surface area contributed by atoms with Crippen LogP contribution in [-0.4, -0.2) is 66.6 Å². The third kappa shape index (κ3) is 5.94. The van der Waals surface area contributed by atoms with E-state index in [4.69, 9.17) is 4.74 Å². The van der Waals surface area contributed by atoms with Crippen LogP contribution in [0.25, 0.3) is 5.57 Å². The Hall–Kier alpha value is -2.26. The maximum Gasteiger partial charge on any atom is 0.247 e. The number of hydrogen-bond acceptors (Lipinski definition) is 6. The lowest BCUT2D eigenvalue weighted by Crippen LogP contribution is -2.49. The van der Waals surface area contributed by atoms with E-state index in [1.807, 2.05) is 44.4 Å². The van der Waals surface area contributed by atoms with Gasteiger partial charge in [0.25, 0.3) is 0 Å². The zero-order valence-electron chi connectivity index (χ0n) is 20.9. The summed E-state index contributed by atoms with van der Waals surface area (Å²) in [6.45, 7) is 5.16. The molecule has 0 fully saturated rings. The first-order valence-electron chi connectivity index (χ1n) is 12.5. The number of aliphatic hydroxyl groups excluding tert-OH is 1. The molecule has 0 radical (unpaired) electrons. The number of fused-ring (bicyclic) bond motifs is 1. The zero-order chi connectivity index (χ0) is 25.0. The number of rotatable bonds is 7. The molecule has 1 aromatic heterocycles. The fourth-order valence-electron chi connectivity index (χ4n) is 4.92. The summed E-state index contributed by atoms with van der Waals surface area (Å²) in [5.41, 5.74) is 3.38. The van der Waals surface area contributed by atoms with Gasteiger partial charge in [0.15, 0.2) is 0 Å². The minimum atomic E-state index is -3.83. The van der Waals surface area contributed by atoms with Crippen molar-refractivity contribution in [2.24, 2.45) is 5.92 Å². The van der Waals surface area contributed by atoms with Gasteiger partial charge in [-0.3, -0.25) is 9.88 Å². The van der Waals surface area contributed by atoms with Crippen LogP contribution in [0.2, 0.25) is 0 Å². The second kappa shape index (κ2) is 11.2. The molecular weight excluding hydrogens is 462 g/mol. The first-order valence-corrected chi connectivity index (χ1v) is 13.9. The van der Waals surface area contributed by atoms with Crippen molar-refractivity contribution in [1.29, 1.82) is 0 Å². The third-order valence-electron chi connectivity index (χ3n) is 7.00. The lowest BCUT2D eigenvalue weighted by Gasteiger charge is -2.37. The van der Waals surface area contributed by atoms with Crippen molar-refractivity contribution in [3.8, 4) is 5.75 Å². The fourth-order valence-corrected chi connectivity index (χ4v) is 6.74. The minimum Gasteiger partial charge on any atom is -0.487 e. The highest BCUT2D eigenvalue weighted by atomic mass is 32.2. The normalized spacial score (nSPS) is 23.5. The smallest absolute Gasteiger partial charge is 0.247 e. The zero-order valence-corrected chi connectivity index (χ0v) is 21.7. The van der Waals surface area contributed by atoms with Gasteiger partial charge in [0, 0.05) is 44.0 Å². The van der Waals surface area contributed by atoms with E-state index < -0.39 is 16.1 Å². The Balaban J connectivity index is 1.69. The summed E-state index contributed by atoms with van der Waals surface area (Å²) >= 11 is 0. The molecule has 1 aromatic carbocycles. The molecule has 8 heteroatoms. The van der Waals surface area contributed by atoms with Gasteiger partial charge in [-0.1, -0.05) is 25.1 Å². The van der Waals surface area contributed by atoms with Gasteiger partial charge in [-0.15, -0.1) is 0 Å². The summed E-state index contributed by atoms with van der Waals surface area (Å²) in [6.07, 6.45) is 10.0. The van der Waals surface area contributed by atoms with Gasteiger partial charge < -0.3 is 9.84 Å². The number of aliphatic hydroxyl groups is 1. The van der Waals surface area contributed by atoms with Gasteiger partial charge in [0.2, 0.25) is 10.0 Å². The molecule has 0 amide bonds. The lowest BCUT2D eigenvalue weighted by atomic mass is 9.93. The minimum absolute atomic E-state index is 0.0826. The number of ether oxygens (including phenoxy) is 1. The summed E-state index contributed by atoms with van der Waals surface area (Å²) in [6, 6.07) is 8.92. The van der Waals surface area contributed by atoms with Crippen molar-refractivity contribution in [2.75, 3.05) is 26.7 Å². The van der Waals surface area contributed by atoms with Crippen molar-refractivity contribution in [3.63, 3.8) is 0 Å². The van der Waals surface area contributed by atoms with Crippen LogP contribution in [0.4, 0.5) is 0 Å². The van der Waals surface area contributed by atoms with Crippen LogP contribution in [0.5, 0.6) is 5.75 Å². The van der Waals surface area contributed by atoms with Crippen molar-refractivity contribution in [1.82, 2.24) is 14.2 Å². The van der Waals surface area contributed by atoms with Gasteiger partial charge in [0.05, 0.1) is 6.61 Å². The molecule has 4 rings (SSSR count). The number of aromatic nitrogens is 1. The molecule has 1 N–H and O–H groups in total. The Morgan fingerprint density at radius 2 is 2.11 bits per heavy atom. The summed E-state index contributed by atoms with van der Waals surface area (Å²) in [5.74, 6) is 0.316. The van der Waals surface area contributed by atoms with Gasteiger partial charge in [-0.05, 0) is 74.6 Å². The Morgan fingerprint density at radius 3 is 2.80 bits per heavy atom. The van der Waals surface area contributed by atoms with Gasteiger partial charge in [0.1, 0.15) is 16.7 Å². The van der Waals surface area contributed by atoms with Crippen LogP contribution < -0.4 is 4.74 Å². The van der Waals surface area contributed by atoms with Crippen LogP contribution in [-0.2, 0) is 16.6 Å². The Labute approximate surface area is 209 Å². The highest BCUT2D eigenvalue weighted by Gasteiger charge is 2.38. The molecule has 1 aliphatic heterocycles. The molecule has 2 heterocycles. The molecule has 0 saturated carbocycles. The van der Waals surface area contributed by atoms with Crippen LogP contribution in [0.15, 0.2) is 53.7 Å². The molecule has 7 nitrogen and oxygen atoms in total. The first-order chi connectivity index (χ1) is 16.8. The van der Waals surface area contributed by atoms with Crippen molar-refractivity contribution in [2.45, 2.75) is 63.1 Å². The monoisotopic (exact) mass is 499 g/mol. The number of nitrogens with zero attached hydrogens (tertiary/aromatic N) is 3. The van der Waals surface area contributed by atoms with E-state index in [1.165, 1.54) is 16.3 Å². The number of hydrogen-bond donors (Lipinski definition) is 1. The number of allylic oxidation sites excluding steroid dienone is 2. The van der Waals surface area contributed by atoms with E-state index in [2.05, 4.69) is 16.0 Å². The molecule has 0 bridgehead atoms. The summed E-state index contributed by atoms with van der Waals surface area (Å²) in [4.78, 5) is 6.56. The van der Waals surface area contributed by atoms with Gasteiger partial charge in [-0.2, -0.15) is 4.31 Å². The van der Waals surface area contributed by atoms with Crippen molar-refractivity contribution < 1.29 is 18.3 Å². The average Bonchev–Trinajstić information content (AvgIpc) is 2.86. The second-order valence-corrected chi connectivity index (χ2v) is 11.8. The van der Waals surface area contributed by atoms with Crippen molar-refractivity contribution in [3.05, 3.63) is 59.9 Å². The maximum absolute atomic E-state index is 13.7. The van der Waals surface area contributed by atoms with Crippen LogP contribution in [0.1, 0.15) is 50.7 Å². The largest absolute Gasteiger partial charge is 0.487 e. The van der Waals surface area contributed by atoms with E-state index >= 15 is 0 Å². The Bertz CT molecular complexity index is 1140. The number of sulfonamides is 1. The van der Waals surface area contributed by atoms with Crippen molar-refractivity contribution >= 4 is 15.6 Å². The average molecular weight is 500 g/mol. The maximum atomic E-state index is 13.7. The molecule has 35 heavy (non-hydrogen) atoms. The topological polar surface area (TPSA) is 83.0 Å². The lowest BCUT2D eigenvalue weighted by molar-refractivity contribution is 0.0733. The van der Waals surface area contributed by atoms with E-state index in [0.717, 1.165) is 36.9 Å². The van der Waals surface area contributed by atoms with Crippen LogP contribution in [0.3, 0.4) is 0 Å². The molecule has 190 valence electrons. The highest BCUT2D eigenvalue weighted by Crippen LogP contribution is 2.37. The summed E-state index contributed by atoms with van der Waals surface area (Å²) < 4.78 is 35.3. The Morgan fingerprint density at radius 1 is 1.29 bits per heavy atom. The predicted molar refractivity (Wildman–Crippen MR) is 137 cm³/mol. The molecular formula is C27H37N3O4S. The molecule has 0 spiro atoms. The van der Waals surface area contributed by atoms with E-state index in [9.17, 15) is 13.5 Å². The van der Waals surface area contributed by atoms with Gasteiger partial charge >= 0.3 is 0 Å². The molecule has 0 saturated heterocycles. The number of likely N-dealkylation sites (N-methyl/N-ethyl adjacent to an activating group) is 1. The van der Waals surface area contributed by atoms with Crippen LogP contribution >= 0.6 is 0 Å². The van der Waals surface area contributed by atoms with E-state index in [-0.39, 0.29) is 30.1 Å². The molecule has 3 atom stereocenters. The molecule has 2 aromatic rings. The van der Waals surface area contributed by atoms with E-state index in [0.29, 0.717) is 12.3 Å². The second-order valence-electron chi connectivity index (χ2n) is 9.93. The highest BCUT2D eigenvalue weighted by molar-refractivity contribution is 7.89. The van der Waals surface area contributed by atoms with E-state index in [1.54, 1.807) is 19.2 Å². The SMILES string of the molecule is C[C@H](CO)N1C[C@H](C)[C@@H](CN(C)Cc2cccnc2)Oc2cc(C3=CCCCC3)ccc2S1(=O)=O. The van der Waals surface area contributed by atoms with Crippen LogP contribution in [0, 0.1) is 5.92 Å². The van der Waals surface area contributed by atoms with Gasteiger partial charge in [-0.25, -0.2) is 8.42 Å². The predicted octanol–water partition coefficient (Wildman–Crippen LogP) is 3.94. The fraction of sp³-hybridized carbons (Fsp3) is 0.519. The Kier molecular flexibility index (Phi) is 8.27. The summed E-state index contributed by atoms with van der Waals surface area (Å²) in [5, 5.41) is 9.85. The quantitative estimate of drug-likeness (QED) is 0.621. The third-order valence-corrected chi connectivity index (χ3v) is 9.02. The number of pyridine rings is 1. The molecule has 0 unspecified atom stereocenters. The number of benzene rings is 1. The first kappa shape index (κ1) is 25.8. The standard InChI is InChI=1S/C27H37N3O4S/c1-20-16-30(21(2)19-31)35(32,33)27-12-11-24(23-9-5-4-6-10-23)14-25(27)34-26(20)18-29(3)17-22-8-7-13-28-15-22/h7-9,11-15,20-21,26,31H,4-6,10,16-19H2,1-3H3/t20-,21+,26+/m0/s1.